The Morgan fingerprint density at radius 1 is 1.16 bits per heavy atom. The Morgan fingerprint density at radius 2 is 1.89 bits per heavy atom. The number of anilines is 1. The minimum atomic E-state index is 0.239. The van der Waals surface area contributed by atoms with Crippen molar-refractivity contribution in [2.24, 2.45) is 0 Å². The molecule has 0 aliphatic rings. The second-order valence-corrected chi connectivity index (χ2v) is 6.34. The van der Waals surface area contributed by atoms with Crippen molar-refractivity contribution in [3.8, 4) is 5.75 Å². The van der Waals surface area contributed by atoms with Gasteiger partial charge in [0.1, 0.15) is 5.75 Å². The maximum atomic E-state index is 9.45. The molecule has 0 atom stereocenters. The van der Waals surface area contributed by atoms with Crippen LogP contribution in [0.15, 0.2) is 39.3 Å². The number of halogens is 3. The van der Waals surface area contributed by atoms with Crippen LogP contribution in [0.3, 0.4) is 0 Å². The van der Waals surface area contributed by atoms with Crippen LogP contribution >= 0.6 is 43.5 Å². The van der Waals surface area contributed by atoms with E-state index >= 15 is 0 Å². The Hall–Kier alpha value is -0.710. The van der Waals surface area contributed by atoms with E-state index in [0.717, 1.165) is 26.3 Å². The van der Waals surface area contributed by atoms with Crippen molar-refractivity contribution in [2.75, 3.05) is 5.32 Å². The highest BCUT2D eigenvalue weighted by atomic mass is 79.9. The van der Waals surface area contributed by atoms with Crippen molar-refractivity contribution in [3.63, 3.8) is 0 Å². The molecule has 0 bridgehead atoms. The number of aryl methyl sites for hydroxylation is 1. The average Bonchev–Trinajstić information content (AvgIpc) is 2.36. The Labute approximate surface area is 134 Å². The first-order valence-corrected chi connectivity index (χ1v) is 7.60. The van der Waals surface area contributed by atoms with E-state index in [1.165, 1.54) is 0 Å². The monoisotopic (exact) mass is 403 g/mol. The van der Waals surface area contributed by atoms with Gasteiger partial charge in [0.2, 0.25) is 0 Å². The first-order chi connectivity index (χ1) is 8.97. The van der Waals surface area contributed by atoms with Crippen molar-refractivity contribution >= 4 is 49.1 Å². The van der Waals surface area contributed by atoms with Crippen molar-refractivity contribution in [3.05, 3.63) is 55.4 Å². The van der Waals surface area contributed by atoms with E-state index in [0.29, 0.717) is 11.0 Å². The summed E-state index contributed by atoms with van der Waals surface area (Å²) in [6.45, 7) is 2.62. The molecule has 0 amide bonds. The Balaban J connectivity index is 2.14. The molecule has 0 fully saturated rings. The predicted octanol–water partition coefficient (Wildman–Crippen LogP) is 5.49. The molecule has 2 aromatic rings. The summed E-state index contributed by atoms with van der Waals surface area (Å²) in [4.78, 5) is 0. The fraction of sp³-hybridized carbons (Fsp3) is 0.143. The molecule has 2 N–H and O–H groups in total. The van der Waals surface area contributed by atoms with Crippen LogP contribution in [0.2, 0.25) is 5.02 Å². The molecule has 0 aliphatic carbocycles. The minimum Gasteiger partial charge on any atom is -0.507 e. The summed E-state index contributed by atoms with van der Waals surface area (Å²) >= 11 is 12.9. The molecule has 0 radical (unpaired) electrons. The minimum absolute atomic E-state index is 0.239. The fourth-order valence-corrected chi connectivity index (χ4v) is 2.83. The maximum Gasteiger partial charge on any atom is 0.129 e. The Bertz CT molecular complexity index is 617. The lowest BCUT2D eigenvalue weighted by Crippen LogP contribution is -2.00. The van der Waals surface area contributed by atoms with Crippen LogP contribution in [0.1, 0.15) is 11.1 Å². The smallest absolute Gasteiger partial charge is 0.129 e. The number of nitrogens with one attached hydrogen (secondary N) is 1. The SMILES string of the molecule is Cc1cc(Br)c(NCc2ccc(O)c(Br)c2)cc1Cl. The molecule has 0 heterocycles. The Morgan fingerprint density at radius 3 is 2.58 bits per heavy atom. The number of rotatable bonds is 3. The highest BCUT2D eigenvalue weighted by Gasteiger charge is 2.05. The van der Waals surface area contributed by atoms with Crippen LogP contribution < -0.4 is 5.32 Å². The zero-order chi connectivity index (χ0) is 14.0. The lowest BCUT2D eigenvalue weighted by atomic mass is 10.2. The molecule has 0 aliphatic heterocycles. The normalized spacial score (nSPS) is 10.5. The lowest BCUT2D eigenvalue weighted by molar-refractivity contribution is 0.471. The molecular formula is C14H12Br2ClNO. The van der Waals surface area contributed by atoms with Gasteiger partial charge in [-0.15, -0.1) is 0 Å². The molecule has 0 aromatic heterocycles. The van der Waals surface area contributed by atoms with E-state index in [1.54, 1.807) is 6.07 Å². The standard InChI is InChI=1S/C14H12Br2ClNO/c1-8-4-10(15)13(6-12(8)17)18-7-9-2-3-14(19)11(16)5-9/h2-6,18-19H,7H2,1H3. The van der Waals surface area contributed by atoms with Crippen LogP contribution in [0.4, 0.5) is 5.69 Å². The van der Waals surface area contributed by atoms with Crippen LogP contribution in [0.25, 0.3) is 0 Å². The summed E-state index contributed by atoms with van der Waals surface area (Å²) in [5.74, 6) is 0.239. The van der Waals surface area contributed by atoms with Gasteiger partial charge in [0.05, 0.1) is 10.2 Å². The second-order valence-electron chi connectivity index (χ2n) is 4.22. The number of hydrogen-bond donors (Lipinski definition) is 2. The van der Waals surface area contributed by atoms with Crippen LogP contribution in [0, 0.1) is 6.92 Å². The number of phenols is 1. The molecule has 2 aromatic carbocycles. The quantitative estimate of drug-likeness (QED) is 0.708. The number of benzene rings is 2. The summed E-state index contributed by atoms with van der Waals surface area (Å²) in [5, 5.41) is 13.5. The molecule has 2 rings (SSSR count). The molecule has 2 nitrogen and oxygen atoms in total. The summed E-state index contributed by atoms with van der Waals surface area (Å²) < 4.78 is 1.67. The van der Waals surface area contributed by atoms with Crippen molar-refractivity contribution in [2.45, 2.75) is 13.5 Å². The molecule has 0 unspecified atom stereocenters. The van der Waals surface area contributed by atoms with Crippen molar-refractivity contribution in [1.29, 1.82) is 0 Å². The molecule has 0 saturated carbocycles. The van der Waals surface area contributed by atoms with Crippen molar-refractivity contribution < 1.29 is 5.11 Å². The molecule has 0 saturated heterocycles. The topological polar surface area (TPSA) is 32.3 Å². The zero-order valence-electron chi connectivity index (χ0n) is 10.2. The summed E-state index contributed by atoms with van der Waals surface area (Å²) in [6, 6.07) is 9.30. The number of aromatic hydroxyl groups is 1. The van der Waals surface area contributed by atoms with E-state index in [1.807, 2.05) is 31.2 Å². The third-order valence-corrected chi connectivity index (χ3v) is 4.44. The third kappa shape index (κ3) is 3.65. The summed E-state index contributed by atoms with van der Waals surface area (Å²) in [5.41, 5.74) is 3.04. The van der Waals surface area contributed by atoms with Crippen LogP contribution in [-0.4, -0.2) is 5.11 Å². The zero-order valence-corrected chi connectivity index (χ0v) is 14.1. The van der Waals surface area contributed by atoms with Gasteiger partial charge in [0.25, 0.3) is 0 Å². The lowest BCUT2D eigenvalue weighted by Gasteiger charge is -2.11. The van der Waals surface area contributed by atoms with E-state index in [9.17, 15) is 5.11 Å². The highest BCUT2D eigenvalue weighted by molar-refractivity contribution is 9.11. The molecule has 0 spiro atoms. The second kappa shape index (κ2) is 6.16. The number of hydrogen-bond acceptors (Lipinski definition) is 2. The van der Waals surface area contributed by atoms with E-state index in [2.05, 4.69) is 37.2 Å². The Kier molecular flexibility index (Phi) is 4.76. The van der Waals surface area contributed by atoms with Gasteiger partial charge in [-0.3, -0.25) is 0 Å². The van der Waals surface area contributed by atoms with Gasteiger partial charge in [0.15, 0.2) is 0 Å². The molecular weight excluding hydrogens is 393 g/mol. The maximum absolute atomic E-state index is 9.45. The van der Waals surface area contributed by atoms with Gasteiger partial charge in [-0.1, -0.05) is 17.7 Å². The van der Waals surface area contributed by atoms with Gasteiger partial charge >= 0.3 is 0 Å². The van der Waals surface area contributed by atoms with E-state index < -0.39 is 0 Å². The molecule has 5 heteroatoms. The van der Waals surface area contributed by atoms with E-state index in [-0.39, 0.29) is 5.75 Å². The van der Waals surface area contributed by atoms with E-state index in [4.69, 9.17) is 11.6 Å². The van der Waals surface area contributed by atoms with Crippen LogP contribution in [-0.2, 0) is 6.54 Å². The average molecular weight is 406 g/mol. The van der Waals surface area contributed by atoms with Gasteiger partial charge < -0.3 is 10.4 Å². The van der Waals surface area contributed by atoms with Gasteiger partial charge in [-0.05, 0) is 74.2 Å². The van der Waals surface area contributed by atoms with Gasteiger partial charge in [0, 0.05) is 16.0 Å². The highest BCUT2D eigenvalue weighted by Crippen LogP contribution is 2.30. The first-order valence-electron chi connectivity index (χ1n) is 5.64. The summed E-state index contributed by atoms with van der Waals surface area (Å²) in [7, 11) is 0. The fourth-order valence-electron chi connectivity index (χ4n) is 1.64. The van der Waals surface area contributed by atoms with Gasteiger partial charge in [-0.2, -0.15) is 0 Å². The van der Waals surface area contributed by atoms with Gasteiger partial charge in [-0.25, -0.2) is 0 Å². The third-order valence-electron chi connectivity index (χ3n) is 2.74. The largest absolute Gasteiger partial charge is 0.507 e. The first kappa shape index (κ1) is 14.7. The molecule has 19 heavy (non-hydrogen) atoms. The predicted molar refractivity (Wildman–Crippen MR) is 87.0 cm³/mol. The van der Waals surface area contributed by atoms with Crippen LogP contribution in [0.5, 0.6) is 5.75 Å². The summed E-state index contributed by atoms with van der Waals surface area (Å²) in [6.07, 6.45) is 0. The molecule has 100 valence electrons. The number of phenolic OH excluding ortho intramolecular Hbond substituents is 1. The van der Waals surface area contributed by atoms with Crippen molar-refractivity contribution in [1.82, 2.24) is 0 Å².